The second kappa shape index (κ2) is 7.39. The van der Waals surface area contributed by atoms with E-state index in [1.165, 1.54) is 11.3 Å². The Morgan fingerprint density at radius 3 is 2.31 bits per heavy atom. The zero-order chi connectivity index (χ0) is 18.8. The smallest absolute Gasteiger partial charge is 0.339 e. The zero-order valence-electron chi connectivity index (χ0n) is 14.0. The van der Waals surface area contributed by atoms with E-state index in [1.807, 2.05) is 38.1 Å². The number of thiophene rings is 1. The lowest BCUT2D eigenvalue weighted by atomic mass is 10.0. The number of hydrogen-bond donors (Lipinski definition) is 2. The Morgan fingerprint density at radius 2 is 1.73 bits per heavy atom. The van der Waals surface area contributed by atoms with Crippen molar-refractivity contribution in [1.29, 1.82) is 0 Å². The van der Waals surface area contributed by atoms with Gasteiger partial charge in [-0.3, -0.25) is 9.78 Å². The molecule has 1 amide bonds. The first-order chi connectivity index (χ1) is 12.3. The highest BCUT2D eigenvalue weighted by Crippen LogP contribution is 2.36. The quantitative estimate of drug-likeness (QED) is 0.600. The Kier molecular flexibility index (Phi) is 5.20. The third-order valence-electron chi connectivity index (χ3n) is 3.73. The number of rotatable bonds is 4. The topological polar surface area (TPSA) is 79.3 Å². The number of carbonyl (C=O) groups is 2. The average molecular weight is 431 g/mol. The average Bonchev–Trinajstić information content (AvgIpc) is 2.98. The van der Waals surface area contributed by atoms with Crippen LogP contribution in [0, 0.1) is 13.8 Å². The highest BCUT2D eigenvalue weighted by atomic mass is 79.9. The minimum atomic E-state index is -1.08. The first-order valence-corrected chi connectivity index (χ1v) is 9.40. The van der Waals surface area contributed by atoms with Crippen LogP contribution < -0.4 is 5.32 Å². The second-order valence-electron chi connectivity index (χ2n) is 5.76. The molecule has 0 aliphatic carbocycles. The molecule has 2 aromatic heterocycles. The molecule has 0 radical (unpaired) electrons. The van der Waals surface area contributed by atoms with Crippen molar-refractivity contribution in [2.45, 2.75) is 13.8 Å². The number of pyridine rings is 1. The lowest BCUT2D eigenvalue weighted by Crippen LogP contribution is -2.14. The number of carbonyl (C=O) groups excluding carboxylic acids is 1. The van der Waals surface area contributed by atoms with Gasteiger partial charge in [0.2, 0.25) is 0 Å². The highest BCUT2D eigenvalue weighted by molar-refractivity contribution is 9.10. The number of aromatic carboxylic acids is 1. The summed E-state index contributed by atoms with van der Waals surface area (Å²) >= 11 is 4.56. The number of carboxylic acids is 1. The molecule has 0 fully saturated rings. The maximum absolute atomic E-state index is 12.6. The van der Waals surface area contributed by atoms with Crippen molar-refractivity contribution in [2.24, 2.45) is 0 Å². The predicted octanol–water partition coefficient (Wildman–Crippen LogP) is 5.14. The first kappa shape index (κ1) is 18.3. The molecule has 0 atom stereocenters. The summed E-state index contributed by atoms with van der Waals surface area (Å²) in [6.45, 7) is 3.62. The Balaban J connectivity index is 1.96. The van der Waals surface area contributed by atoms with E-state index < -0.39 is 5.97 Å². The van der Waals surface area contributed by atoms with Crippen molar-refractivity contribution in [3.8, 4) is 11.1 Å². The Morgan fingerprint density at radius 1 is 1.12 bits per heavy atom. The summed E-state index contributed by atoms with van der Waals surface area (Å²) in [7, 11) is 0. The van der Waals surface area contributed by atoms with E-state index in [-0.39, 0.29) is 11.5 Å². The fourth-order valence-corrected chi connectivity index (χ4v) is 3.87. The van der Waals surface area contributed by atoms with Gasteiger partial charge in [-0.1, -0.05) is 28.1 Å². The van der Waals surface area contributed by atoms with Gasteiger partial charge in [0.15, 0.2) is 0 Å². The molecular weight excluding hydrogens is 416 g/mol. The third-order valence-corrected chi connectivity index (χ3v) is 5.15. The van der Waals surface area contributed by atoms with Crippen LogP contribution in [0.2, 0.25) is 0 Å². The summed E-state index contributed by atoms with van der Waals surface area (Å²) in [4.78, 5) is 28.6. The van der Waals surface area contributed by atoms with Gasteiger partial charge < -0.3 is 10.4 Å². The van der Waals surface area contributed by atoms with Gasteiger partial charge in [-0.15, -0.1) is 11.3 Å². The molecular formula is C19H15BrN2O3S. The molecule has 0 bridgehead atoms. The van der Waals surface area contributed by atoms with Gasteiger partial charge in [0.25, 0.3) is 5.91 Å². The molecule has 3 rings (SSSR count). The Hall–Kier alpha value is -2.51. The summed E-state index contributed by atoms with van der Waals surface area (Å²) < 4.78 is 0.908. The molecule has 3 aromatic rings. The Labute approximate surface area is 162 Å². The molecule has 0 saturated carbocycles. The molecule has 0 unspecified atom stereocenters. The molecule has 7 heteroatoms. The standard InChI is InChI=1S/C19H15BrN2O3S/c1-10-7-13(8-11(2)21-10)17(23)22-18-16(19(24)25)15(9-26-18)12-3-5-14(20)6-4-12/h3-9H,1-2H3,(H,22,23)(H,24,25). The van der Waals surface area contributed by atoms with E-state index in [9.17, 15) is 14.7 Å². The SMILES string of the molecule is Cc1cc(C(=O)Nc2scc(-c3ccc(Br)cc3)c2C(=O)O)cc(C)n1. The summed E-state index contributed by atoms with van der Waals surface area (Å²) in [5.74, 6) is -1.44. The number of amides is 1. The molecule has 5 nitrogen and oxygen atoms in total. The van der Waals surface area contributed by atoms with Crippen LogP contribution >= 0.6 is 27.3 Å². The van der Waals surface area contributed by atoms with Crippen LogP contribution in [0.15, 0.2) is 46.3 Å². The maximum atomic E-state index is 12.6. The van der Waals surface area contributed by atoms with E-state index in [1.54, 1.807) is 17.5 Å². The minimum Gasteiger partial charge on any atom is -0.478 e. The van der Waals surface area contributed by atoms with E-state index in [4.69, 9.17) is 0 Å². The lowest BCUT2D eigenvalue weighted by molar-refractivity contribution is 0.0699. The summed E-state index contributed by atoms with van der Waals surface area (Å²) in [6.07, 6.45) is 0. The molecule has 0 spiro atoms. The number of halogens is 1. The third kappa shape index (κ3) is 3.84. The number of anilines is 1. The molecule has 1 aromatic carbocycles. The number of nitrogens with zero attached hydrogens (tertiary/aromatic N) is 1. The predicted molar refractivity (Wildman–Crippen MR) is 106 cm³/mol. The van der Waals surface area contributed by atoms with Gasteiger partial charge in [-0.25, -0.2) is 4.79 Å². The van der Waals surface area contributed by atoms with Crippen LogP contribution in [0.25, 0.3) is 11.1 Å². The molecule has 0 saturated heterocycles. The van der Waals surface area contributed by atoms with Gasteiger partial charge in [0.05, 0.1) is 0 Å². The van der Waals surface area contributed by atoms with Gasteiger partial charge in [-0.05, 0) is 43.7 Å². The van der Waals surface area contributed by atoms with Gasteiger partial charge >= 0.3 is 5.97 Å². The number of nitrogens with one attached hydrogen (secondary N) is 1. The first-order valence-electron chi connectivity index (χ1n) is 7.72. The molecule has 0 aliphatic rings. The van der Waals surface area contributed by atoms with E-state index in [0.717, 1.165) is 21.4 Å². The number of aryl methyl sites for hydroxylation is 2. The van der Waals surface area contributed by atoms with Crippen molar-refractivity contribution in [2.75, 3.05) is 5.32 Å². The van der Waals surface area contributed by atoms with Crippen molar-refractivity contribution in [1.82, 2.24) is 4.98 Å². The zero-order valence-corrected chi connectivity index (χ0v) is 16.4. The van der Waals surface area contributed by atoms with Crippen LogP contribution in [0.1, 0.15) is 32.1 Å². The fourth-order valence-electron chi connectivity index (χ4n) is 2.64. The fraction of sp³-hybridized carbons (Fsp3) is 0.105. The molecule has 0 aliphatic heterocycles. The lowest BCUT2D eigenvalue weighted by Gasteiger charge is -2.07. The molecule has 2 heterocycles. The van der Waals surface area contributed by atoms with Crippen molar-refractivity contribution in [3.05, 3.63) is 68.8 Å². The maximum Gasteiger partial charge on any atom is 0.339 e. The van der Waals surface area contributed by atoms with Gasteiger partial charge in [0.1, 0.15) is 10.6 Å². The van der Waals surface area contributed by atoms with Crippen molar-refractivity contribution >= 4 is 44.1 Å². The molecule has 26 heavy (non-hydrogen) atoms. The van der Waals surface area contributed by atoms with Crippen LogP contribution in [0.5, 0.6) is 0 Å². The van der Waals surface area contributed by atoms with E-state index in [0.29, 0.717) is 16.1 Å². The summed E-state index contributed by atoms with van der Waals surface area (Å²) in [6, 6.07) is 10.7. The van der Waals surface area contributed by atoms with Crippen LogP contribution in [0.3, 0.4) is 0 Å². The van der Waals surface area contributed by atoms with Crippen LogP contribution in [0.4, 0.5) is 5.00 Å². The molecule has 132 valence electrons. The number of hydrogen-bond acceptors (Lipinski definition) is 4. The summed E-state index contributed by atoms with van der Waals surface area (Å²) in [5, 5.41) is 14.4. The highest BCUT2D eigenvalue weighted by Gasteiger charge is 2.21. The van der Waals surface area contributed by atoms with Gasteiger partial charge in [-0.2, -0.15) is 0 Å². The van der Waals surface area contributed by atoms with Gasteiger partial charge in [0, 0.05) is 32.4 Å². The van der Waals surface area contributed by atoms with Crippen molar-refractivity contribution < 1.29 is 14.7 Å². The number of aromatic nitrogens is 1. The van der Waals surface area contributed by atoms with Crippen LogP contribution in [-0.4, -0.2) is 22.0 Å². The largest absolute Gasteiger partial charge is 0.478 e. The number of carboxylic acid groups (broad SMARTS) is 1. The Bertz CT molecular complexity index is 976. The van der Waals surface area contributed by atoms with Crippen LogP contribution in [-0.2, 0) is 0 Å². The monoisotopic (exact) mass is 430 g/mol. The van der Waals surface area contributed by atoms with Crippen molar-refractivity contribution in [3.63, 3.8) is 0 Å². The second-order valence-corrected chi connectivity index (χ2v) is 7.55. The van der Waals surface area contributed by atoms with E-state index >= 15 is 0 Å². The summed E-state index contributed by atoms with van der Waals surface area (Å²) in [5.41, 5.74) is 3.36. The number of benzene rings is 1. The normalized spacial score (nSPS) is 10.6. The molecule has 2 N–H and O–H groups in total. The minimum absolute atomic E-state index is 0.0909. The van der Waals surface area contributed by atoms with E-state index in [2.05, 4.69) is 26.2 Å².